The highest BCUT2D eigenvalue weighted by atomic mass is 32.2. The van der Waals surface area contributed by atoms with Crippen LogP contribution in [0, 0.1) is 0 Å². The molecule has 1 fully saturated rings. The summed E-state index contributed by atoms with van der Waals surface area (Å²) in [5, 5.41) is -0.382. The number of carbonyl (C=O) groups is 3. The molecule has 7 nitrogen and oxygen atoms in total. The molecule has 0 spiro atoms. The molecular formula is C21H24N2O5S. The highest BCUT2D eigenvalue weighted by Gasteiger charge is 2.43. The van der Waals surface area contributed by atoms with Gasteiger partial charge in [0.2, 0.25) is 5.91 Å². The third-order valence-corrected chi connectivity index (χ3v) is 5.86. The van der Waals surface area contributed by atoms with Crippen LogP contribution < -0.4 is 4.90 Å². The Morgan fingerprint density at radius 1 is 1.21 bits per heavy atom. The number of para-hydroxylation sites is 1. The van der Waals surface area contributed by atoms with E-state index in [2.05, 4.69) is 0 Å². The minimum absolute atomic E-state index is 0.0947. The van der Waals surface area contributed by atoms with Gasteiger partial charge in [0.05, 0.1) is 6.26 Å². The smallest absolute Gasteiger partial charge is 0.330 e. The molecule has 2 amide bonds. The van der Waals surface area contributed by atoms with E-state index in [1.54, 1.807) is 17.0 Å². The van der Waals surface area contributed by atoms with Gasteiger partial charge in [0, 0.05) is 24.4 Å². The Morgan fingerprint density at radius 3 is 2.52 bits per heavy atom. The normalized spacial score (nSPS) is 18.7. The Bertz CT molecular complexity index is 853. The minimum atomic E-state index is -0.760. The van der Waals surface area contributed by atoms with Crippen molar-refractivity contribution in [2.45, 2.75) is 38.2 Å². The first kappa shape index (κ1) is 21.0. The number of ether oxygens (including phenoxy) is 1. The van der Waals surface area contributed by atoms with E-state index in [0.717, 1.165) is 5.69 Å². The van der Waals surface area contributed by atoms with Gasteiger partial charge in [0.15, 0.2) is 6.61 Å². The fraction of sp³-hybridized carbons (Fsp3) is 0.381. The van der Waals surface area contributed by atoms with Crippen molar-refractivity contribution in [3.63, 3.8) is 0 Å². The van der Waals surface area contributed by atoms with Crippen LogP contribution >= 0.6 is 11.8 Å². The number of nitrogens with zero attached hydrogens (tertiary/aromatic N) is 2. The summed E-state index contributed by atoms with van der Waals surface area (Å²) in [6.07, 6.45) is 1.53. The predicted molar refractivity (Wildman–Crippen MR) is 110 cm³/mol. The lowest BCUT2D eigenvalue weighted by Crippen LogP contribution is -2.45. The summed E-state index contributed by atoms with van der Waals surface area (Å²) in [6, 6.07) is 11.9. The number of amides is 2. The number of hydrogen-bond donors (Lipinski definition) is 0. The molecule has 1 aliphatic heterocycles. The molecule has 0 unspecified atom stereocenters. The Morgan fingerprint density at radius 2 is 1.93 bits per heavy atom. The van der Waals surface area contributed by atoms with Gasteiger partial charge in [-0.05, 0) is 38.1 Å². The van der Waals surface area contributed by atoms with Crippen LogP contribution in [-0.4, -0.2) is 47.1 Å². The Labute approximate surface area is 174 Å². The van der Waals surface area contributed by atoms with Gasteiger partial charge in [0.1, 0.15) is 17.2 Å². The van der Waals surface area contributed by atoms with Crippen LogP contribution in [0.3, 0.4) is 0 Å². The van der Waals surface area contributed by atoms with Gasteiger partial charge >= 0.3 is 5.97 Å². The summed E-state index contributed by atoms with van der Waals surface area (Å²) in [5.74, 6) is -0.177. The SMILES string of the molecule is CC(=O)N1[C@@H](C(=O)OCC(=O)N(c2ccccc2)C(C)C)CS[C@H]1c1ccco1. The summed E-state index contributed by atoms with van der Waals surface area (Å²) in [7, 11) is 0. The summed E-state index contributed by atoms with van der Waals surface area (Å²) in [4.78, 5) is 40.6. The van der Waals surface area contributed by atoms with Gasteiger partial charge in [-0.25, -0.2) is 4.79 Å². The second kappa shape index (κ2) is 9.17. The fourth-order valence-electron chi connectivity index (χ4n) is 3.34. The largest absolute Gasteiger partial charge is 0.466 e. The number of thioether (sulfide) groups is 1. The first-order chi connectivity index (χ1) is 13.9. The van der Waals surface area contributed by atoms with E-state index < -0.39 is 12.0 Å². The number of hydrogen-bond acceptors (Lipinski definition) is 6. The zero-order chi connectivity index (χ0) is 21.0. The maximum atomic E-state index is 12.7. The van der Waals surface area contributed by atoms with E-state index >= 15 is 0 Å². The number of anilines is 1. The molecule has 0 aliphatic carbocycles. The van der Waals surface area contributed by atoms with Crippen LogP contribution in [0.2, 0.25) is 0 Å². The van der Waals surface area contributed by atoms with Crippen LogP contribution in [-0.2, 0) is 19.1 Å². The Hall–Kier alpha value is -2.74. The van der Waals surface area contributed by atoms with Gasteiger partial charge < -0.3 is 19.0 Å². The molecule has 29 heavy (non-hydrogen) atoms. The number of rotatable bonds is 6. The van der Waals surface area contributed by atoms with Crippen molar-refractivity contribution < 1.29 is 23.5 Å². The van der Waals surface area contributed by atoms with Gasteiger partial charge in [-0.3, -0.25) is 9.59 Å². The lowest BCUT2D eigenvalue weighted by molar-refractivity contribution is -0.156. The molecule has 1 aliphatic rings. The van der Waals surface area contributed by atoms with Crippen molar-refractivity contribution >= 4 is 35.2 Å². The monoisotopic (exact) mass is 416 g/mol. The number of carbonyl (C=O) groups excluding carboxylic acids is 3. The van der Waals surface area contributed by atoms with E-state index in [4.69, 9.17) is 9.15 Å². The minimum Gasteiger partial charge on any atom is -0.466 e. The second-order valence-corrected chi connectivity index (χ2v) is 8.06. The number of furan rings is 1. The van der Waals surface area contributed by atoms with Crippen molar-refractivity contribution in [1.82, 2.24) is 4.90 Å². The second-order valence-electron chi connectivity index (χ2n) is 6.94. The summed E-state index contributed by atoms with van der Waals surface area (Å²) >= 11 is 1.43. The molecule has 0 radical (unpaired) electrons. The van der Waals surface area contributed by atoms with Crippen LogP contribution in [0.15, 0.2) is 53.1 Å². The molecule has 3 rings (SSSR count). The lowest BCUT2D eigenvalue weighted by atomic mass is 10.2. The standard InChI is InChI=1S/C21H24N2O5S/c1-14(2)22(16-8-5-4-6-9-16)19(25)12-28-21(26)17-13-29-20(23(17)15(3)24)18-10-7-11-27-18/h4-11,14,17,20H,12-13H2,1-3H3/t17-,20+/m1/s1. The molecular weight excluding hydrogens is 392 g/mol. The van der Waals surface area contributed by atoms with Gasteiger partial charge in [-0.15, -0.1) is 11.8 Å². The first-order valence-corrected chi connectivity index (χ1v) is 10.4. The van der Waals surface area contributed by atoms with E-state index in [0.29, 0.717) is 11.5 Å². The van der Waals surface area contributed by atoms with Gasteiger partial charge in [-0.2, -0.15) is 0 Å². The fourth-order valence-corrected chi connectivity index (χ4v) is 4.76. The molecule has 8 heteroatoms. The van der Waals surface area contributed by atoms with Gasteiger partial charge in [-0.1, -0.05) is 18.2 Å². The van der Waals surface area contributed by atoms with E-state index in [-0.39, 0.29) is 29.8 Å². The molecule has 154 valence electrons. The van der Waals surface area contributed by atoms with Crippen LogP contribution in [0.4, 0.5) is 5.69 Å². The van der Waals surface area contributed by atoms with Crippen molar-refractivity contribution in [2.24, 2.45) is 0 Å². The number of benzene rings is 1. The molecule has 2 aromatic rings. The van der Waals surface area contributed by atoms with Crippen molar-refractivity contribution in [2.75, 3.05) is 17.3 Å². The quantitative estimate of drug-likeness (QED) is 0.673. The maximum absolute atomic E-state index is 12.7. The molecule has 0 bridgehead atoms. The maximum Gasteiger partial charge on any atom is 0.330 e. The average molecular weight is 416 g/mol. The lowest BCUT2D eigenvalue weighted by Gasteiger charge is -2.28. The van der Waals surface area contributed by atoms with Crippen LogP contribution in [0.25, 0.3) is 0 Å². The highest BCUT2D eigenvalue weighted by Crippen LogP contribution is 2.41. The number of esters is 1. The predicted octanol–water partition coefficient (Wildman–Crippen LogP) is 3.23. The summed E-state index contributed by atoms with van der Waals surface area (Å²) in [6.45, 7) is 4.81. The Balaban J connectivity index is 1.66. The third kappa shape index (κ3) is 4.64. The van der Waals surface area contributed by atoms with Crippen molar-refractivity contribution in [3.05, 3.63) is 54.5 Å². The zero-order valence-corrected chi connectivity index (χ0v) is 17.4. The highest BCUT2D eigenvalue weighted by molar-refractivity contribution is 7.99. The molecule has 1 saturated heterocycles. The average Bonchev–Trinajstić information content (AvgIpc) is 3.36. The molecule has 1 aromatic carbocycles. The van der Waals surface area contributed by atoms with E-state index in [1.165, 1.54) is 29.8 Å². The third-order valence-electron chi connectivity index (χ3n) is 4.58. The molecule has 0 saturated carbocycles. The van der Waals surface area contributed by atoms with Crippen LogP contribution in [0.1, 0.15) is 31.9 Å². The van der Waals surface area contributed by atoms with Crippen molar-refractivity contribution in [3.8, 4) is 0 Å². The Kier molecular flexibility index (Phi) is 6.64. The van der Waals surface area contributed by atoms with Gasteiger partial charge in [0.25, 0.3) is 5.91 Å². The summed E-state index contributed by atoms with van der Waals surface area (Å²) in [5.41, 5.74) is 0.739. The van der Waals surface area contributed by atoms with E-state index in [1.807, 2.05) is 44.2 Å². The molecule has 1 aromatic heterocycles. The molecule has 2 atom stereocenters. The first-order valence-electron chi connectivity index (χ1n) is 9.37. The van der Waals surface area contributed by atoms with Crippen LogP contribution in [0.5, 0.6) is 0 Å². The molecule has 2 heterocycles. The molecule has 0 N–H and O–H groups in total. The zero-order valence-electron chi connectivity index (χ0n) is 16.6. The van der Waals surface area contributed by atoms with E-state index in [9.17, 15) is 14.4 Å². The topological polar surface area (TPSA) is 80.1 Å². The summed E-state index contributed by atoms with van der Waals surface area (Å²) < 4.78 is 10.7. The van der Waals surface area contributed by atoms with Crippen molar-refractivity contribution in [1.29, 1.82) is 0 Å².